The maximum atomic E-state index is 13.6. The highest BCUT2D eigenvalue weighted by molar-refractivity contribution is 14.1. The summed E-state index contributed by atoms with van der Waals surface area (Å²) in [6.07, 6.45) is 0.997. The van der Waals surface area contributed by atoms with Gasteiger partial charge in [0.05, 0.1) is 3.92 Å². The summed E-state index contributed by atoms with van der Waals surface area (Å²) >= 11 is 2.13. The number of hydrogen-bond donors (Lipinski definition) is 0. The van der Waals surface area contributed by atoms with E-state index in [1.807, 2.05) is 0 Å². The summed E-state index contributed by atoms with van der Waals surface area (Å²) in [5.41, 5.74) is 1.13. The van der Waals surface area contributed by atoms with Crippen molar-refractivity contribution < 1.29 is 13.6 Å². The van der Waals surface area contributed by atoms with Gasteiger partial charge in [-0.1, -0.05) is 22.6 Å². The molecule has 0 N–H and O–H groups in total. The molecule has 1 unspecified atom stereocenters. The molecule has 4 heteroatoms. The standard InChI is InChI=1S/C12H9F2IO/c13-5-1-6-7-3-9(7)12(15)11(16)4-8(6)10(14)2-5/h1-2,7,9,12H,3-4H2/t7-,9?,12+/m0/s1. The Labute approximate surface area is 105 Å². The van der Waals surface area contributed by atoms with Crippen LogP contribution < -0.4 is 0 Å². The van der Waals surface area contributed by atoms with E-state index in [-0.39, 0.29) is 28.0 Å². The Hall–Kier alpha value is -0.520. The van der Waals surface area contributed by atoms with E-state index >= 15 is 0 Å². The molecule has 1 aromatic rings. The maximum Gasteiger partial charge on any atom is 0.150 e. The number of ketones is 1. The molecule has 0 radical (unpaired) electrons. The lowest BCUT2D eigenvalue weighted by molar-refractivity contribution is -0.117. The molecule has 2 aliphatic rings. The predicted octanol–water partition coefficient (Wildman–Crippen LogP) is 3.00. The summed E-state index contributed by atoms with van der Waals surface area (Å²) in [7, 11) is 0. The van der Waals surface area contributed by atoms with Crippen LogP contribution in [0, 0.1) is 17.6 Å². The minimum atomic E-state index is -0.570. The van der Waals surface area contributed by atoms with Crippen LogP contribution >= 0.6 is 22.6 Å². The van der Waals surface area contributed by atoms with Crippen LogP contribution in [-0.2, 0) is 11.2 Å². The topological polar surface area (TPSA) is 17.1 Å². The van der Waals surface area contributed by atoms with Gasteiger partial charge in [0.25, 0.3) is 0 Å². The minimum Gasteiger partial charge on any atom is -0.298 e. The summed E-state index contributed by atoms with van der Waals surface area (Å²) < 4.78 is 26.7. The quantitative estimate of drug-likeness (QED) is 0.527. The number of Topliss-reactive ketones (excluding diaryl/α,β-unsaturated/α-hetero) is 1. The summed E-state index contributed by atoms with van der Waals surface area (Å²) in [5, 5.41) is 0. The van der Waals surface area contributed by atoms with Crippen LogP contribution in [0.25, 0.3) is 0 Å². The maximum absolute atomic E-state index is 13.6. The molecule has 0 saturated heterocycles. The van der Waals surface area contributed by atoms with Crippen molar-refractivity contribution in [2.75, 3.05) is 0 Å². The van der Waals surface area contributed by atoms with Gasteiger partial charge in [-0.25, -0.2) is 8.78 Å². The van der Waals surface area contributed by atoms with E-state index < -0.39 is 11.6 Å². The second-order valence-corrected chi connectivity index (χ2v) is 5.85. The smallest absolute Gasteiger partial charge is 0.150 e. The van der Waals surface area contributed by atoms with Gasteiger partial charge in [-0.2, -0.15) is 0 Å². The van der Waals surface area contributed by atoms with Gasteiger partial charge in [0, 0.05) is 12.5 Å². The van der Waals surface area contributed by atoms with Gasteiger partial charge in [0.15, 0.2) is 0 Å². The fourth-order valence-corrected chi connectivity index (χ4v) is 3.56. The fourth-order valence-electron chi connectivity index (χ4n) is 2.55. The molecule has 0 amide bonds. The van der Waals surface area contributed by atoms with Crippen LogP contribution in [0.15, 0.2) is 12.1 Å². The third kappa shape index (κ3) is 1.49. The largest absolute Gasteiger partial charge is 0.298 e. The number of halogens is 3. The Bertz CT molecular complexity index is 486. The van der Waals surface area contributed by atoms with Crippen LogP contribution in [0.4, 0.5) is 8.78 Å². The SMILES string of the molecule is O=C1Cc2c(F)cc(F)cc2[C@@H]2CC2[C@H]1I. The average molecular weight is 334 g/mol. The molecule has 16 heavy (non-hydrogen) atoms. The molecule has 3 rings (SSSR count). The lowest BCUT2D eigenvalue weighted by atomic mass is 10.00. The number of alkyl halides is 1. The van der Waals surface area contributed by atoms with Crippen molar-refractivity contribution in [2.24, 2.45) is 5.92 Å². The number of hydrogen-bond acceptors (Lipinski definition) is 1. The molecule has 3 atom stereocenters. The Morgan fingerprint density at radius 2 is 2.06 bits per heavy atom. The fraction of sp³-hybridized carbons (Fsp3) is 0.417. The number of benzene rings is 1. The third-order valence-corrected chi connectivity index (χ3v) is 5.09. The van der Waals surface area contributed by atoms with Crippen molar-refractivity contribution in [1.82, 2.24) is 0 Å². The first-order chi connectivity index (χ1) is 7.58. The van der Waals surface area contributed by atoms with E-state index in [0.717, 1.165) is 18.1 Å². The van der Waals surface area contributed by atoms with Crippen molar-refractivity contribution >= 4 is 28.4 Å². The Balaban J connectivity index is 2.15. The Kier molecular flexibility index (Phi) is 2.31. The van der Waals surface area contributed by atoms with Crippen LogP contribution in [-0.4, -0.2) is 9.71 Å². The van der Waals surface area contributed by atoms with Crippen molar-refractivity contribution in [1.29, 1.82) is 0 Å². The third-order valence-electron chi connectivity index (χ3n) is 3.47. The molecule has 1 fully saturated rings. The van der Waals surface area contributed by atoms with Gasteiger partial charge in [-0.3, -0.25) is 4.79 Å². The zero-order valence-electron chi connectivity index (χ0n) is 8.34. The van der Waals surface area contributed by atoms with Gasteiger partial charge in [-0.15, -0.1) is 0 Å². The molecule has 0 heterocycles. The normalized spacial score (nSPS) is 31.7. The Morgan fingerprint density at radius 1 is 1.31 bits per heavy atom. The zero-order chi connectivity index (χ0) is 11.4. The van der Waals surface area contributed by atoms with E-state index in [4.69, 9.17) is 0 Å². The van der Waals surface area contributed by atoms with Gasteiger partial charge in [-0.05, 0) is 35.4 Å². The average Bonchev–Trinajstić information content (AvgIpc) is 2.99. The molecule has 1 aromatic carbocycles. The second-order valence-electron chi connectivity index (χ2n) is 4.51. The first kappa shape index (κ1) is 10.6. The minimum absolute atomic E-state index is 0.0440. The van der Waals surface area contributed by atoms with E-state index in [9.17, 15) is 13.6 Å². The number of carbonyl (C=O) groups is 1. The molecule has 84 valence electrons. The second kappa shape index (κ2) is 3.48. The number of carbonyl (C=O) groups excluding carboxylic acids is 1. The van der Waals surface area contributed by atoms with Gasteiger partial charge in [0.2, 0.25) is 0 Å². The van der Waals surface area contributed by atoms with E-state index in [1.165, 1.54) is 6.07 Å². The van der Waals surface area contributed by atoms with Gasteiger partial charge < -0.3 is 0 Å². The van der Waals surface area contributed by atoms with Crippen LogP contribution in [0.3, 0.4) is 0 Å². The van der Waals surface area contributed by atoms with E-state index in [2.05, 4.69) is 22.6 Å². The molecule has 0 bridgehead atoms. The first-order valence-corrected chi connectivity index (χ1v) is 6.47. The first-order valence-electron chi connectivity index (χ1n) is 5.22. The van der Waals surface area contributed by atoms with Crippen LogP contribution in [0.2, 0.25) is 0 Å². The number of fused-ring (bicyclic) bond motifs is 3. The van der Waals surface area contributed by atoms with Crippen LogP contribution in [0.1, 0.15) is 23.5 Å². The molecular formula is C12H9F2IO. The Morgan fingerprint density at radius 3 is 2.81 bits per heavy atom. The lowest BCUT2D eigenvalue weighted by Crippen LogP contribution is -2.17. The molecule has 1 nitrogen and oxygen atoms in total. The molecule has 1 saturated carbocycles. The highest BCUT2D eigenvalue weighted by Gasteiger charge is 2.49. The van der Waals surface area contributed by atoms with Gasteiger partial charge in [0.1, 0.15) is 17.4 Å². The predicted molar refractivity (Wildman–Crippen MR) is 63.7 cm³/mol. The number of rotatable bonds is 0. The molecule has 0 aromatic heterocycles. The summed E-state index contributed by atoms with van der Waals surface area (Å²) in [6, 6.07) is 2.27. The highest BCUT2D eigenvalue weighted by atomic mass is 127. The van der Waals surface area contributed by atoms with Crippen molar-refractivity contribution in [3.63, 3.8) is 0 Å². The van der Waals surface area contributed by atoms with Crippen LogP contribution in [0.5, 0.6) is 0 Å². The summed E-state index contributed by atoms with van der Waals surface area (Å²) in [4.78, 5) is 11.8. The molecule has 0 aliphatic heterocycles. The van der Waals surface area contributed by atoms with Crippen molar-refractivity contribution in [3.8, 4) is 0 Å². The van der Waals surface area contributed by atoms with E-state index in [1.54, 1.807) is 0 Å². The van der Waals surface area contributed by atoms with E-state index in [0.29, 0.717) is 5.56 Å². The lowest BCUT2D eigenvalue weighted by Gasteiger charge is -2.07. The van der Waals surface area contributed by atoms with Crippen molar-refractivity contribution in [3.05, 3.63) is 34.9 Å². The monoisotopic (exact) mass is 334 g/mol. The van der Waals surface area contributed by atoms with Crippen molar-refractivity contribution in [2.45, 2.75) is 22.7 Å². The molecule has 0 spiro atoms. The zero-order valence-corrected chi connectivity index (χ0v) is 10.5. The molecular weight excluding hydrogens is 325 g/mol. The highest BCUT2D eigenvalue weighted by Crippen LogP contribution is 2.55. The van der Waals surface area contributed by atoms with Gasteiger partial charge >= 0.3 is 0 Å². The summed E-state index contributed by atoms with van der Waals surface area (Å²) in [6.45, 7) is 0. The molecule has 2 aliphatic carbocycles. The summed E-state index contributed by atoms with van der Waals surface area (Å²) in [5.74, 6) is -0.567.